The Morgan fingerprint density at radius 2 is 1.38 bits per heavy atom. The van der Waals surface area contributed by atoms with Crippen molar-refractivity contribution >= 4 is 23.1 Å². The summed E-state index contributed by atoms with van der Waals surface area (Å²) >= 11 is 1.38. The van der Waals surface area contributed by atoms with Crippen molar-refractivity contribution in [2.75, 3.05) is 0 Å². The Kier molecular flexibility index (Phi) is 11.5. The Hall–Kier alpha value is -3.27. The molecule has 0 saturated heterocycles. The van der Waals surface area contributed by atoms with Gasteiger partial charge in [0.2, 0.25) is 0 Å². The van der Waals surface area contributed by atoms with Crippen LogP contribution in [0.2, 0.25) is 0 Å². The molecule has 3 aromatic rings. The monoisotopic (exact) mass is 525 g/mol. The maximum Gasteiger partial charge on any atom is 0.276 e. The van der Waals surface area contributed by atoms with Gasteiger partial charge in [0, 0.05) is 24.3 Å². The van der Waals surface area contributed by atoms with Crippen LogP contribution in [-0.2, 0) is 18.7 Å². The molecule has 0 saturated carbocycles. The van der Waals surface area contributed by atoms with E-state index in [2.05, 4.69) is 33.8 Å². The smallest absolute Gasteiger partial charge is 0.276 e. The van der Waals surface area contributed by atoms with Crippen LogP contribution < -0.4 is 0 Å². The average molecular weight is 526 g/mol. The third-order valence-electron chi connectivity index (χ3n) is 6.23. The van der Waals surface area contributed by atoms with E-state index in [1.807, 2.05) is 18.2 Å². The van der Waals surface area contributed by atoms with E-state index in [4.69, 9.17) is 0 Å². The lowest BCUT2D eigenvalue weighted by Crippen LogP contribution is -2.07. The lowest BCUT2D eigenvalue weighted by Gasteiger charge is -2.11. The Balaban J connectivity index is 1.65. The van der Waals surface area contributed by atoms with Crippen LogP contribution in [0.5, 0.6) is 0 Å². The van der Waals surface area contributed by atoms with Crippen molar-refractivity contribution in [3.8, 4) is 0 Å². The summed E-state index contributed by atoms with van der Waals surface area (Å²) in [6.07, 6.45) is 12.1. The Labute approximate surface area is 222 Å². The molecular weight excluding hydrogens is 490 g/mol. The van der Waals surface area contributed by atoms with Crippen molar-refractivity contribution in [3.63, 3.8) is 0 Å². The van der Waals surface area contributed by atoms with Gasteiger partial charge in [-0.15, -0.1) is 10.2 Å². The molecular formula is C27H35N5O4S. The molecule has 0 aliphatic heterocycles. The van der Waals surface area contributed by atoms with Gasteiger partial charge in [-0.05, 0) is 17.5 Å². The second-order valence-electron chi connectivity index (χ2n) is 9.21. The van der Waals surface area contributed by atoms with E-state index >= 15 is 0 Å². The highest BCUT2D eigenvalue weighted by atomic mass is 32.2. The van der Waals surface area contributed by atoms with Gasteiger partial charge in [-0.25, -0.2) is 0 Å². The highest BCUT2D eigenvalue weighted by Crippen LogP contribution is 2.29. The number of thioether (sulfide) groups is 1. The highest BCUT2D eigenvalue weighted by Gasteiger charge is 2.18. The van der Waals surface area contributed by atoms with Gasteiger partial charge in [0.15, 0.2) is 5.16 Å². The van der Waals surface area contributed by atoms with Crippen molar-refractivity contribution < 1.29 is 9.85 Å². The molecule has 0 unspecified atom stereocenters. The number of aromatic nitrogens is 3. The van der Waals surface area contributed by atoms with Gasteiger partial charge < -0.3 is 4.57 Å². The highest BCUT2D eigenvalue weighted by molar-refractivity contribution is 7.98. The minimum absolute atomic E-state index is 0.290. The first-order valence-electron chi connectivity index (χ1n) is 13.0. The zero-order valence-electron chi connectivity index (χ0n) is 21.4. The Morgan fingerprint density at radius 1 is 0.784 bits per heavy atom. The standard InChI is InChI=1S/C27H35N5O4S/c1-2-3-4-5-6-7-8-9-13-16-26-28-29-27(30(26)20-22-14-11-10-12-15-22)37-21-23-17-24(31(33)34)19-25(18-23)32(35)36/h10-12,14-15,17-19H,2-9,13,16,20-21H2,1H3. The molecule has 1 aromatic heterocycles. The number of benzene rings is 2. The lowest BCUT2D eigenvalue weighted by molar-refractivity contribution is -0.394. The third-order valence-corrected chi connectivity index (χ3v) is 7.27. The summed E-state index contributed by atoms with van der Waals surface area (Å²) in [4.78, 5) is 21.3. The minimum atomic E-state index is -0.609. The summed E-state index contributed by atoms with van der Waals surface area (Å²) in [6, 6.07) is 13.8. The van der Waals surface area contributed by atoms with Crippen molar-refractivity contribution in [3.05, 3.63) is 85.7 Å². The van der Waals surface area contributed by atoms with Crippen molar-refractivity contribution in [1.29, 1.82) is 0 Å². The summed E-state index contributed by atoms with van der Waals surface area (Å²) in [5.74, 6) is 1.23. The fourth-order valence-electron chi connectivity index (χ4n) is 4.23. The van der Waals surface area contributed by atoms with Gasteiger partial charge in [-0.1, -0.05) is 100 Å². The molecule has 37 heavy (non-hydrogen) atoms. The van der Waals surface area contributed by atoms with Crippen molar-refractivity contribution in [1.82, 2.24) is 14.8 Å². The predicted octanol–water partition coefficient (Wildman–Crippen LogP) is 7.51. The zero-order valence-corrected chi connectivity index (χ0v) is 22.2. The summed E-state index contributed by atoms with van der Waals surface area (Å²) in [5, 5.41) is 32.0. The normalized spacial score (nSPS) is 11.1. The Bertz CT molecular complexity index is 1120. The molecule has 0 aliphatic carbocycles. The Morgan fingerprint density at radius 3 is 1.97 bits per heavy atom. The van der Waals surface area contributed by atoms with Crippen LogP contribution in [0.1, 0.15) is 81.7 Å². The second kappa shape index (κ2) is 15.1. The summed E-state index contributed by atoms with van der Waals surface area (Å²) < 4.78 is 2.09. The molecule has 1 heterocycles. The second-order valence-corrected chi connectivity index (χ2v) is 10.2. The van der Waals surface area contributed by atoms with Crippen molar-refractivity contribution in [2.24, 2.45) is 0 Å². The molecule has 10 heteroatoms. The molecule has 0 atom stereocenters. The molecule has 0 radical (unpaired) electrons. The van der Waals surface area contributed by atoms with Crippen LogP contribution in [0.4, 0.5) is 11.4 Å². The van der Waals surface area contributed by atoms with E-state index in [9.17, 15) is 20.2 Å². The first-order valence-corrected chi connectivity index (χ1v) is 14.0. The van der Waals surface area contributed by atoms with Gasteiger partial charge in [0.1, 0.15) is 5.82 Å². The molecule has 0 fully saturated rings. The third kappa shape index (κ3) is 9.27. The topological polar surface area (TPSA) is 117 Å². The number of nitro groups is 2. The van der Waals surface area contributed by atoms with Gasteiger partial charge in [-0.3, -0.25) is 20.2 Å². The largest absolute Gasteiger partial charge is 0.302 e. The maximum atomic E-state index is 11.2. The molecule has 0 aliphatic rings. The SMILES string of the molecule is CCCCCCCCCCCc1nnc(SCc2cc([N+](=O)[O-])cc([N+](=O)[O-])c2)n1Cc1ccccc1. The van der Waals surface area contributed by atoms with Gasteiger partial charge >= 0.3 is 0 Å². The number of hydrogen-bond donors (Lipinski definition) is 0. The maximum absolute atomic E-state index is 11.2. The number of hydrogen-bond acceptors (Lipinski definition) is 7. The predicted molar refractivity (Wildman–Crippen MR) is 146 cm³/mol. The first kappa shape index (κ1) is 28.3. The van der Waals surface area contributed by atoms with E-state index in [0.29, 0.717) is 23.0 Å². The summed E-state index contributed by atoms with van der Waals surface area (Å²) in [5.41, 5.74) is 1.05. The average Bonchev–Trinajstić information content (AvgIpc) is 3.27. The molecule has 2 aromatic carbocycles. The zero-order chi connectivity index (χ0) is 26.5. The van der Waals surface area contributed by atoms with Crippen molar-refractivity contribution in [2.45, 2.75) is 88.6 Å². The van der Waals surface area contributed by atoms with E-state index in [1.54, 1.807) is 0 Å². The van der Waals surface area contributed by atoms with Gasteiger partial charge in [0.05, 0.1) is 22.5 Å². The molecule has 9 nitrogen and oxygen atoms in total. The van der Waals surface area contributed by atoms with Crippen LogP contribution in [-0.4, -0.2) is 24.6 Å². The van der Waals surface area contributed by atoms with Gasteiger partial charge in [-0.2, -0.15) is 0 Å². The molecule has 0 spiro atoms. The van der Waals surface area contributed by atoms with E-state index in [1.165, 1.54) is 68.8 Å². The fourth-order valence-corrected chi connectivity index (χ4v) is 5.11. The summed E-state index contributed by atoms with van der Waals surface area (Å²) in [7, 11) is 0. The summed E-state index contributed by atoms with van der Waals surface area (Å²) in [6.45, 7) is 2.86. The number of aryl methyl sites for hydroxylation is 1. The van der Waals surface area contributed by atoms with Crippen LogP contribution in [0, 0.1) is 20.2 Å². The molecule has 0 N–H and O–H groups in total. The number of unbranched alkanes of at least 4 members (excludes halogenated alkanes) is 8. The fraction of sp³-hybridized carbons (Fsp3) is 0.481. The molecule has 198 valence electrons. The molecule has 0 bridgehead atoms. The van der Waals surface area contributed by atoms with Gasteiger partial charge in [0.25, 0.3) is 11.4 Å². The number of nitrogens with zero attached hydrogens (tertiary/aromatic N) is 5. The molecule has 3 rings (SSSR count). The number of rotatable bonds is 17. The number of nitro benzene ring substituents is 2. The minimum Gasteiger partial charge on any atom is -0.302 e. The first-order chi connectivity index (χ1) is 18.0. The van der Waals surface area contributed by atoms with Crippen LogP contribution in [0.3, 0.4) is 0 Å². The van der Waals surface area contributed by atoms with Crippen LogP contribution in [0.25, 0.3) is 0 Å². The van der Waals surface area contributed by atoms with E-state index < -0.39 is 9.85 Å². The molecule has 0 amide bonds. The van der Waals surface area contributed by atoms with Crippen LogP contribution in [0.15, 0.2) is 53.7 Å². The van der Waals surface area contributed by atoms with Crippen LogP contribution >= 0.6 is 11.8 Å². The number of non-ortho nitro benzene ring substituents is 2. The van der Waals surface area contributed by atoms with E-state index in [-0.39, 0.29) is 11.4 Å². The van der Waals surface area contributed by atoms with E-state index in [0.717, 1.165) is 36.7 Å². The lowest BCUT2D eigenvalue weighted by atomic mass is 10.1. The quantitative estimate of drug-likeness (QED) is 0.0774.